The molecule has 0 unspecified atom stereocenters. The Morgan fingerprint density at radius 2 is 2.04 bits per heavy atom. The third-order valence-electron chi connectivity index (χ3n) is 3.21. The highest BCUT2D eigenvalue weighted by molar-refractivity contribution is 5.90. The number of pyridine rings is 1. The number of hydrogen-bond donors (Lipinski definition) is 1. The fraction of sp³-hybridized carbons (Fsp3) is 0.263. The van der Waals surface area contributed by atoms with E-state index in [0.717, 1.165) is 5.56 Å². The summed E-state index contributed by atoms with van der Waals surface area (Å²) in [6.45, 7) is 8.51. The molecule has 0 fully saturated rings. The van der Waals surface area contributed by atoms with Crippen molar-refractivity contribution in [2.75, 3.05) is 11.9 Å². The second-order valence-corrected chi connectivity index (χ2v) is 5.61. The van der Waals surface area contributed by atoms with E-state index in [1.807, 2.05) is 44.2 Å². The first-order valence-corrected chi connectivity index (χ1v) is 7.92. The molecule has 0 atom stereocenters. The Hall–Kier alpha value is -2.82. The van der Waals surface area contributed by atoms with E-state index in [2.05, 4.69) is 16.9 Å². The van der Waals surface area contributed by atoms with Gasteiger partial charge in [0, 0.05) is 19.3 Å². The van der Waals surface area contributed by atoms with Gasteiger partial charge in [-0.2, -0.15) is 0 Å². The molecule has 1 aromatic carbocycles. The van der Waals surface area contributed by atoms with Crippen LogP contribution < -0.4 is 10.1 Å². The van der Waals surface area contributed by atoms with E-state index in [4.69, 9.17) is 4.74 Å². The number of hydrogen-bond acceptors (Lipinski definition) is 3. The van der Waals surface area contributed by atoms with Gasteiger partial charge in [-0.15, -0.1) is 6.58 Å². The lowest BCUT2D eigenvalue weighted by molar-refractivity contribution is 0.213. The molecule has 0 saturated carbocycles. The van der Waals surface area contributed by atoms with E-state index in [1.165, 1.54) is 0 Å². The summed E-state index contributed by atoms with van der Waals surface area (Å²) in [7, 11) is 0. The van der Waals surface area contributed by atoms with Gasteiger partial charge in [0.1, 0.15) is 5.69 Å². The van der Waals surface area contributed by atoms with Crippen molar-refractivity contribution in [2.24, 2.45) is 0 Å². The summed E-state index contributed by atoms with van der Waals surface area (Å²) in [6, 6.07) is 13.1. The Balaban J connectivity index is 2.12. The normalized spacial score (nSPS) is 10.3. The lowest BCUT2D eigenvalue weighted by Crippen LogP contribution is -2.34. The fourth-order valence-corrected chi connectivity index (χ4v) is 2.18. The Bertz CT molecular complexity index is 671. The average molecular weight is 325 g/mol. The first kappa shape index (κ1) is 17.5. The second kappa shape index (κ2) is 8.72. The molecule has 2 amide bonds. The molecular formula is C19H23N3O2. The predicted molar refractivity (Wildman–Crippen MR) is 96.1 cm³/mol. The zero-order chi connectivity index (χ0) is 17.4. The van der Waals surface area contributed by atoms with Crippen molar-refractivity contribution in [2.45, 2.75) is 26.5 Å². The van der Waals surface area contributed by atoms with Crippen LogP contribution >= 0.6 is 0 Å². The van der Waals surface area contributed by atoms with Crippen LogP contribution in [0.3, 0.4) is 0 Å². The molecule has 0 aliphatic rings. The summed E-state index contributed by atoms with van der Waals surface area (Å²) in [4.78, 5) is 18.5. The molecule has 0 saturated heterocycles. The molecule has 0 spiro atoms. The van der Waals surface area contributed by atoms with Gasteiger partial charge in [-0.05, 0) is 31.5 Å². The van der Waals surface area contributed by atoms with Gasteiger partial charge >= 0.3 is 6.03 Å². The maximum atomic E-state index is 12.6. The zero-order valence-corrected chi connectivity index (χ0v) is 14.1. The van der Waals surface area contributed by atoms with Crippen LogP contribution in [0.25, 0.3) is 0 Å². The van der Waals surface area contributed by atoms with Crippen molar-refractivity contribution in [3.63, 3.8) is 0 Å². The van der Waals surface area contributed by atoms with Crippen LogP contribution in [0.4, 0.5) is 10.5 Å². The van der Waals surface area contributed by atoms with Gasteiger partial charge in [-0.1, -0.05) is 36.4 Å². The summed E-state index contributed by atoms with van der Waals surface area (Å²) in [6.07, 6.45) is 3.32. The van der Waals surface area contributed by atoms with Crippen LogP contribution in [0, 0.1) is 0 Å². The summed E-state index contributed by atoms with van der Waals surface area (Å²) < 4.78 is 5.64. The van der Waals surface area contributed by atoms with Crippen molar-refractivity contribution < 1.29 is 9.53 Å². The smallest absolute Gasteiger partial charge is 0.322 e. The van der Waals surface area contributed by atoms with E-state index in [-0.39, 0.29) is 12.1 Å². The van der Waals surface area contributed by atoms with Gasteiger partial charge in [-0.3, -0.25) is 0 Å². The topological polar surface area (TPSA) is 54.5 Å². The molecule has 2 rings (SSSR count). The highest BCUT2D eigenvalue weighted by Gasteiger charge is 2.16. The minimum Gasteiger partial charge on any atom is -0.473 e. The Morgan fingerprint density at radius 3 is 2.71 bits per heavy atom. The number of anilines is 1. The largest absolute Gasteiger partial charge is 0.473 e. The molecule has 5 heteroatoms. The van der Waals surface area contributed by atoms with Crippen LogP contribution in [-0.4, -0.2) is 28.6 Å². The molecule has 2 aromatic rings. The molecule has 24 heavy (non-hydrogen) atoms. The van der Waals surface area contributed by atoms with Gasteiger partial charge in [0.2, 0.25) is 5.88 Å². The molecule has 0 aliphatic carbocycles. The van der Waals surface area contributed by atoms with E-state index < -0.39 is 0 Å². The summed E-state index contributed by atoms with van der Waals surface area (Å²) in [5.41, 5.74) is 1.61. The molecular weight excluding hydrogens is 302 g/mol. The van der Waals surface area contributed by atoms with Crippen molar-refractivity contribution >= 4 is 11.7 Å². The van der Waals surface area contributed by atoms with Crippen molar-refractivity contribution in [3.05, 3.63) is 66.9 Å². The molecule has 126 valence electrons. The summed E-state index contributed by atoms with van der Waals surface area (Å²) in [5.74, 6) is 0.416. The first-order chi connectivity index (χ1) is 11.6. The molecule has 0 radical (unpaired) electrons. The number of amides is 2. The molecule has 0 bridgehead atoms. The maximum Gasteiger partial charge on any atom is 0.322 e. The third-order valence-corrected chi connectivity index (χ3v) is 3.21. The average Bonchev–Trinajstić information content (AvgIpc) is 2.57. The molecule has 1 heterocycles. The van der Waals surface area contributed by atoms with E-state index in [9.17, 15) is 4.79 Å². The van der Waals surface area contributed by atoms with Gasteiger partial charge in [0.05, 0.1) is 6.10 Å². The van der Waals surface area contributed by atoms with E-state index >= 15 is 0 Å². The van der Waals surface area contributed by atoms with Crippen molar-refractivity contribution in [1.29, 1.82) is 0 Å². The second-order valence-electron chi connectivity index (χ2n) is 5.61. The summed E-state index contributed by atoms with van der Waals surface area (Å²) in [5, 5.41) is 2.87. The number of ether oxygens (including phenoxy) is 1. The molecule has 1 N–H and O–H groups in total. The Labute approximate surface area is 143 Å². The lowest BCUT2D eigenvalue weighted by atomic mass is 10.2. The van der Waals surface area contributed by atoms with Crippen LogP contribution in [0.15, 0.2) is 61.3 Å². The number of nitrogens with one attached hydrogen (secondary N) is 1. The highest BCUT2D eigenvalue weighted by atomic mass is 16.5. The quantitative estimate of drug-likeness (QED) is 0.780. The minimum atomic E-state index is -0.222. The Kier molecular flexibility index (Phi) is 6.37. The van der Waals surface area contributed by atoms with Gasteiger partial charge in [0.15, 0.2) is 0 Å². The minimum absolute atomic E-state index is 0.0239. The number of urea groups is 1. The summed E-state index contributed by atoms with van der Waals surface area (Å²) >= 11 is 0. The third kappa shape index (κ3) is 5.12. The fourth-order valence-electron chi connectivity index (χ4n) is 2.18. The van der Waals surface area contributed by atoms with Crippen molar-refractivity contribution in [1.82, 2.24) is 9.88 Å². The van der Waals surface area contributed by atoms with E-state index in [0.29, 0.717) is 24.7 Å². The molecule has 5 nitrogen and oxygen atoms in total. The molecule has 1 aromatic heterocycles. The number of carbonyl (C=O) groups excluding carboxylic acids is 1. The number of aromatic nitrogens is 1. The zero-order valence-electron chi connectivity index (χ0n) is 14.1. The van der Waals surface area contributed by atoms with Gasteiger partial charge < -0.3 is 15.0 Å². The van der Waals surface area contributed by atoms with Gasteiger partial charge in [0.25, 0.3) is 0 Å². The Morgan fingerprint density at radius 1 is 1.29 bits per heavy atom. The number of carbonyl (C=O) groups is 1. The molecule has 0 aliphatic heterocycles. The predicted octanol–water partition coefficient (Wildman–Crippen LogP) is 4.09. The highest BCUT2D eigenvalue weighted by Crippen LogP contribution is 2.22. The number of nitrogens with zero attached hydrogens (tertiary/aromatic N) is 2. The van der Waals surface area contributed by atoms with Crippen LogP contribution in [0.1, 0.15) is 19.4 Å². The van der Waals surface area contributed by atoms with Crippen LogP contribution in [-0.2, 0) is 6.54 Å². The standard InChI is InChI=1S/C19H23N3O2/c1-4-13-22(14-16-9-6-5-7-10-16)19(23)21-17-11-8-12-20-18(17)24-15(2)3/h4-12,15H,1,13-14H2,2-3H3,(H,21,23). The SMILES string of the molecule is C=CCN(Cc1ccccc1)C(=O)Nc1cccnc1OC(C)C. The monoisotopic (exact) mass is 325 g/mol. The van der Waals surface area contributed by atoms with Crippen LogP contribution in [0.2, 0.25) is 0 Å². The lowest BCUT2D eigenvalue weighted by Gasteiger charge is -2.22. The van der Waals surface area contributed by atoms with Crippen LogP contribution in [0.5, 0.6) is 5.88 Å². The number of rotatable bonds is 7. The van der Waals surface area contributed by atoms with Gasteiger partial charge in [-0.25, -0.2) is 9.78 Å². The van der Waals surface area contributed by atoms with E-state index in [1.54, 1.807) is 29.3 Å². The number of benzene rings is 1. The van der Waals surface area contributed by atoms with Crippen molar-refractivity contribution in [3.8, 4) is 5.88 Å². The maximum absolute atomic E-state index is 12.6. The first-order valence-electron chi connectivity index (χ1n) is 7.92.